The fourth-order valence-corrected chi connectivity index (χ4v) is 2.83. The number of ether oxygens (including phenoxy) is 3. The number of carbonyl (C=O) groups is 1. The Labute approximate surface area is 156 Å². The van der Waals surface area contributed by atoms with Gasteiger partial charge in [0.1, 0.15) is 0 Å². The van der Waals surface area contributed by atoms with E-state index in [0.717, 1.165) is 38.1 Å². The summed E-state index contributed by atoms with van der Waals surface area (Å²) in [6, 6.07) is 5.81. The zero-order valence-electron chi connectivity index (χ0n) is 16.4. The topological polar surface area (TPSA) is 68.8 Å². The van der Waals surface area contributed by atoms with Gasteiger partial charge in [-0.25, -0.2) is 0 Å². The highest BCUT2D eigenvalue weighted by Crippen LogP contribution is 2.28. The third-order valence-corrected chi connectivity index (χ3v) is 3.91. The number of benzene rings is 1. The van der Waals surface area contributed by atoms with Crippen molar-refractivity contribution >= 4 is 5.91 Å². The van der Waals surface area contributed by atoms with E-state index in [4.69, 9.17) is 14.2 Å². The molecule has 1 saturated heterocycles. The normalized spacial score (nSPS) is 17.2. The van der Waals surface area contributed by atoms with Crippen LogP contribution >= 0.6 is 0 Å². The summed E-state index contributed by atoms with van der Waals surface area (Å²) in [6.45, 7) is 10.7. The average molecular weight is 364 g/mol. The predicted molar refractivity (Wildman–Crippen MR) is 102 cm³/mol. The summed E-state index contributed by atoms with van der Waals surface area (Å²) in [4.78, 5) is 11.9. The minimum absolute atomic E-state index is 0.0338. The van der Waals surface area contributed by atoms with Crippen LogP contribution in [-0.2, 0) is 16.1 Å². The first kappa shape index (κ1) is 20.5. The Morgan fingerprint density at radius 2 is 2.08 bits per heavy atom. The van der Waals surface area contributed by atoms with Gasteiger partial charge in [0.05, 0.1) is 12.7 Å². The molecule has 1 aromatic carbocycles. The number of amides is 1. The van der Waals surface area contributed by atoms with E-state index < -0.39 is 0 Å². The summed E-state index contributed by atoms with van der Waals surface area (Å²) in [5.41, 5.74) is 0.833. The molecule has 146 valence electrons. The van der Waals surface area contributed by atoms with Crippen LogP contribution in [0.15, 0.2) is 18.2 Å². The third-order valence-electron chi connectivity index (χ3n) is 3.91. The van der Waals surface area contributed by atoms with Crippen molar-refractivity contribution in [3.63, 3.8) is 0 Å². The van der Waals surface area contributed by atoms with E-state index in [1.165, 1.54) is 0 Å². The minimum atomic E-state index is -0.276. The Kier molecular flexibility index (Phi) is 7.72. The second kappa shape index (κ2) is 9.78. The Hall–Kier alpha value is -1.79. The van der Waals surface area contributed by atoms with E-state index in [1.54, 1.807) is 0 Å². The second-order valence-corrected chi connectivity index (χ2v) is 7.57. The summed E-state index contributed by atoms with van der Waals surface area (Å²) in [5, 5.41) is 6.30. The molecule has 1 heterocycles. The van der Waals surface area contributed by atoms with E-state index in [-0.39, 0.29) is 18.1 Å². The van der Waals surface area contributed by atoms with Crippen molar-refractivity contribution in [3.8, 4) is 11.5 Å². The molecule has 0 spiro atoms. The van der Waals surface area contributed by atoms with E-state index in [9.17, 15) is 4.79 Å². The van der Waals surface area contributed by atoms with Gasteiger partial charge in [0.15, 0.2) is 18.1 Å². The van der Waals surface area contributed by atoms with Crippen LogP contribution in [0.5, 0.6) is 11.5 Å². The lowest BCUT2D eigenvalue weighted by Gasteiger charge is -2.21. The first-order valence-electron chi connectivity index (χ1n) is 9.39. The molecule has 26 heavy (non-hydrogen) atoms. The molecule has 6 heteroatoms. The Morgan fingerprint density at radius 1 is 1.27 bits per heavy atom. The molecule has 2 rings (SSSR count). The van der Waals surface area contributed by atoms with Gasteiger partial charge in [0.2, 0.25) is 0 Å². The zero-order valence-corrected chi connectivity index (χ0v) is 16.4. The summed E-state index contributed by atoms with van der Waals surface area (Å²) in [5.74, 6) is 1.09. The molecule has 1 amide bonds. The van der Waals surface area contributed by atoms with Crippen LogP contribution in [0.2, 0.25) is 0 Å². The lowest BCUT2D eigenvalue weighted by atomic mass is 10.1. The highest BCUT2D eigenvalue weighted by Gasteiger charge is 2.16. The van der Waals surface area contributed by atoms with Crippen LogP contribution in [0.4, 0.5) is 0 Å². The standard InChI is InChI=1S/C20H32N2O4/c1-5-24-18-11-15(12-21-13-16-7-6-10-25-16)8-9-17(18)26-14-19(23)22-20(2,3)4/h8-9,11,16,21H,5-7,10,12-14H2,1-4H3,(H,22,23). The molecule has 2 N–H and O–H groups in total. The maximum Gasteiger partial charge on any atom is 0.258 e. The van der Waals surface area contributed by atoms with E-state index in [0.29, 0.717) is 24.2 Å². The highest BCUT2D eigenvalue weighted by molar-refractivity contribution is 5.78. The van der Waals surface area contributed by atoms with Gasteiger partial charge < -0.3 is 24.8 Å². The molecule has 0 bridgehead atoms. The fraction of sp³-hybridized carbons (Fsp3) is 0.650. The molecule has 1 aliphatic heterocycles. The largest absolute Gasteiger partial charge is 0.490 e. The number of rotatable bonds is 9. The fourth-order valence-electron chi connectivity index (χ4n) is 2.83. The van der Waals surface area contributed by atoms with Gasteiger partial charge in [0.25, 0.3) is 5.91 Å². The minimum Gasteiger partial charge on any atom is -0.490 e. The van der Waals surface area contributed by atoms with Crippen molar-refractivity contribution in [2.75, 3.05) is 26.4 Å². The van der Waals surface area contributed by atoms with Gasteiger partial charge >= 0.3 is 0 Å². The van der Waals surface area contributed by atoms with Crippen molar-refractivity contribution in [1.29, 1.82) is 0 Å². The molecule has 6 nitrogen and oxygen atoms in total. The van der Waals surface area contributed by atoms with Gasteiger partial charge in [-0.3, -0.25) is 4.79 Å². The summed E-state index contributed by atoms with van der Waals surface area (Å²) in [6.07, 6.45) is 2.60. The van der Waals surface area contributed by atoms with Crippen LogP contribution in [0.25, 0.3) is 0 Å². The van der Waals surface area contributed by atoms with Gasteiger partial charge in [-0.1, -0.05) is 6.07 Å². The van der Waals surface area contributed by atoms with Crippen LogP contribution in [0, 0.1) is 0 Å². The number of nitrogens with one attached hydrogen (secondary N) is 2. The van der Waals surface area contributed by atoms with Crippen LogP contribution in [0.1, 0.15) is 46.1 Å². The number of hydrogen-bond donors (Lipinski definition) is 2. The average Bonchev–Trinajstić information content (AvgIpc) is 3.06. The van der Waals surface area contributed by atoms with Crippen molar-refractivity contribution in [3.05, 3.63) is 23.8 Å². The van der Waals surface area contributed by atoms with Gasteiger partial charge in [-0.2, -0.15) is 0 Å². The molecular formula is C20H32N2O4. The zero-order chi connectivity index (χ0) is 19.0. The molecule has 1 unspecified atom stereocenters. The maximum absolute atomic E-state index is 11.9. The number of hydrogen-bond acceptors (Lipinski definition) is 5. The third kappa shape index (κ3) is 7.22. The maximum atomic E-state index is 11.9. The SMILES string of the molecule is CCOc1cc(CNCC2CCCO2)ccc1OCC(=O)NC(C)(C)C. The lowest BCUT2D eigenvalue weighted by Crippen LogP contribution is -2.43. The molecule has 1 atom stereocenters. The quantitative estimate of drug-likeness (QED) is 0.705. The predicted octanol–water partition coefficient (Wildman–Crippen LogP) is 2.65. The van der Waals surface area contributed by atoms with E-state index in [1.807, 2.05) is 45.9 Å². The van der Waals surface area contributed by atoms with Crippen molar-refractivity contribution in [2.24, 2.45) is 0 Å². The second-order valence-electron chi connectivity index (χ2n) is 7.57. The Bertz CT molecular complexity index is 578. The molecule has 1 aliphatic rings. The molecule has 1 fully saturated rings. The molecule has 0 saturated carbocycles. The molecule has 0 aliphatic carbocycles. The first-order valence-corrected chi connectivity index (χ1v) is 9.39. The number of carbonyl (C=O) groups excluding carboxylic acids is 1. The van der Waals surface area contributed by atoms with Crippen LogP contribution < -0.4 is 20.1 Å². The van der Waals surface area contributed by atoms with Crippen LogP contribution in [-0.4, -0.2) is 43.9 Å². The molecule has 0 aromatic heterocycles. The smallest absolute Gasteiger partial charge is 0.258 e. The highest BCUT2D eigenvalue weighted by atomic mass is 16.5. The van der Waals surface area contributed by atoms with Crippen LogP contribution in [0.3, 0.4) is 0 Å². The molecule has 1 aromatic rings. The molecule has 0 radical (unpaired) electrons. The van der Waals surface area contributed by atoms with Crippen molar-refractivity contribution < 1.29 is 19.0 Å². The monoisotopic (exact) mass is 364 g/mol. The van der Waals surface area contributed by atoms with E-state index >= 15 is 0 Å². The van der Waals surface area contributed by atoms with E-state index in [2.05, 4.69) is 10.6 Å². The molecular weight excluding hydrogens is 332 g/mol. The Balaban J connectivity index is 1.88. The van der Waals surface area contributed by atoms with Crippen molar-refractivity contribution in [1.82, 2.24) is 10.6 Å². The summed E-state index contributed by atoms with van der Waals surface area (Å²) in [7, 11) is 0. The summed E-state index contributed by atoms with van der Waals surface area (Å²) >= 11 is 0. The first-order chi connectivity index (χ1) is 12.4. The summed E-state index contributed by atoms with van der Waals surface area (Å²) < 4.78 is 17.0. The van der Waals surface area contributed by atoms with Gasteiger partial charge in [0, 0.05) is 25.2 Å². The van der Waals surface area contributed by atoms with Gasteiger partial charge in [-0.05, 0) is 58.2 Å². The van der Waals surface area contributed by atoms with Gasteiger partial charge in [-0.15, -0.1) is 0 Å². The van der Waals surface area contributed by atoms with Crippen molar-refractivity contribution in [2.45, 2.75) is 58.7 Å². The lowest BCUT2D eigenvalue weighted by molar-refractivity contribution is -0.124. The Morgan fingerprint density at radius 3 is 2.73 bits per heavy atom.